The number of ether oxygens (including phenoxy) is 2. The zero-order valence-electron chi connectivity index (χ0n) is 21.8. The number of aliphatic hydroxyl groups is 1. The first-order valence-corrected chi connectivity index (χ1v) is 12.5. The normalized spacial score (nSPS) is 16.7. The van der Waals surface area contributed by atoms with E-state index in [1.807, 2.05) is 27.7 Å². The lowest BCUT2D eigenvalue weighted by atomic mass is 9.97. The summed E-state index contributed by atoms with van der Waals surface area (Å²) in [6.45, 7) is 7.83. The molecule has 1 atom stereocenters. The molecule has 1 aliphatic heterocycles. The number of hydrogen-bond donors (Lipinski definition) is 1. The topological polar surface area (TPSA) is 106 Å². The van der Waals surface area contributed by atoms with Crippen molar-refractivity contribution in [2.45, 2.75) is 46.3 Å². The minimum Gasteiger partial charge on any atom is -0.507 e. The Labute approximate surface area is 221 Å². The lowest BCUT2D eigenvalue weighted by Gasteiger charge is -2.25. The van der Waals surface area contributed by atoms with Crippen LogP contribution in [0.25, 0.3) is 5.76 Å². The van der Waals surface area contributed by atoms with Gasteiger partial charge in [0.1, 0.15) is 17.6 Å². The average Bonchev–Trinajstić information content (AvgIpc) is 3.18. The monoisotopic (exact) mass is 514 g/mol. The fourth-order valence-electron chi connectivity index (χ4n) is 4.32. The van der Waals surface area contributed by atoms with Crippen molar-refractivity contribution in [2.24, 2.45) is 0 Å². The van der Waals surface area contributed by atoms with Gasteiger partial charge in [-0.05, 0) is 81.3 Å². The second-order valence-electron chi connectivity index (χ2n) is 9.26. The van der Waals surface area contributed by atoms with E-state index in [9.17, 15) is 19.5 Å². The van der Waals surface area contributed by atoms with E-state index in [-0.39, 0.29) is 29.6 Å². The van der Waals surface area contributed by atoms with Crippen LogP contribution >= 0.6 is 0 Å². The number of esters is 1. The maximum Gasteiger partial charge on any atom is 0.338 e. The van der Waals surface area contributed by atoms with Crippen LogP contribution in [-0.2, 0) is 14.3 Å². The van der Waals surface area contributed by atoms with Crippen molar-refractivity contribution in [1.82, 2.24) is 4.98 Å². The van der Waals surface area contributed by atoms with E-state index in [2.05, 4.69) is 4.98 Å². The maximum absolute atomic E-state index is 13.4. The molecule has 1 fully saturated rings. The third-order valence-corrected chi connectivity index (χ3v) is 6.02. The molecule has 0 radical (unpaired) electrons. The number of Topliss-reactive ketones (excluding diaryl/α,β-unsaturated/α-hetero) is 1. The molecule has 2 aromatic carbocycles. The molecule has 1 unspecified atom stereocenters. The number of carbonyl (C=O) groups is 3. The summed E-state index contributed by atoms with van der Waals surface area (Å²) in [7, 11) is 0. The second kappa shape index (κ2) is 11.3. The number of hydrogen-bond acceptors (Lipinski definition) is 7. The first-order chi connectivity index (χ1) is 18.2. The van der Waals surface area contributed by atoms with Gasteiger partial charge >= 0.3 is 5.97 Å². The Morgan fingerprint density at radius 1 is 1.05 bits per heavy atom. The lowest BCUT2D eigenvalue weighted by molar-refractivity contribution is -0.132. The molecule has 8 heteroatoms. The van der Waals surface area contributed by atoms with Gasteiger partial charge in [0, 0.05) is 17.4 Å². The van der Waals surface area contributed by atoms with Crippen molar-refractivity contribution in [3.63, 3.8) is 0 Å². The van der Waals surface area contributed by atoms with Crippen molar-refractivity contribution in [1.29, 1.82) is 0 Å². The van der Waals surface area contributed by atoms with Crippen LogP contribution in [0.2, 0.25) is 0 Å². The first-order valence-electron chi connectivity index (χ1n) is 12.5. The van der Waals surface area contributed by atoms with Crippen LogP contribution in [0.15, 0.2) is 72.4 Å². The predicted molar refractivity (Wildman–Crippen MR) is 143 cm³/mol. The van der Waals surface area contributed by atoms with Gasteiger partial charge in [-0.2, -0.15) is 0 Å². The zero-order valence-corrected chi connectivity index (χ0v) is 21.8. The van der Waals surface area contributed by atoms with Crippen molar-refractivity contribution < 1.29 is 29.0 Å². The van der Waals surface area contributed by atoms with Gasteiger partial charge in [-0.15, -0.1) is 0 Å². The van der Waals surface area contributed by atoms with Crippen LogP contribution in [0.3, 0.4) is 0 Å². The predicted octanol–water partition coefficient (Wildman–Crippen LogP) is 5.37. The molecule has 1 aliphatic rings. The number of nitrogens with zero attached hydrogens (tertiary/aromatic N) is 2. The summed E-state index contributed by atoms with van der Waals surface area (Å²) < 4.78 is 11.0. The molecule has 0 saturated carbocycles. The molecule has 8 nitrogen and oxygen atoms in total. The number of carbonyl (C=O) groups excluding carboxylic acids is 3. The highest BCUT2D eigenvalue weighted by molar-refractivity contribution is 6.51. The quantitative estimate of drug-likeness (QED) is 0.186. The van der Waals surface area contributed by atoms with Gasteiger partial charge in [0.15, 0.2) is 0 Å². The maximum atomic E-state index is 13.4. The van der Waals surface area contributed by atoms with Crippen LogP contribution in [0.4, 0.5) is 5.69 Å². The summed E-state index contributed by atoms with van der Waals surface area (Å²) in [5.41, 5.74) is 1.99. The third-order valence-electron chi connectivity index (χ3n) is 6.02. The van der Waals surface area contributed by atoms with Gasteiger partial charge in [-0.1, -0.05) is 19.1 Å². The van der Waals surface area contributed by atoms with Gasteiger partial charge in [-0.3, -0.25) is 19.5 Å². The Hall–Kier alpha value is -4.46. The largest absolute Gasteiger partial charge is 0.507 e. The number of pyridine rings is 1. The third kappa shape index (κ3) is 5.29. The van der Waals surface area contributed by atoms with E-state index in [1.54, 1.807) is 60.8 Å². The lowest BCUT2D eigenvalue weighted by Crippen LogP contribution is -2.30. The molecule has 3 aromatic rings. The molecule has 1 N–H and O–H groups in total. The number of amides is 1. The number of rotatable bonds is 8. The van der Waals surface area contributed by atoms with E-state index in [0.29, 0.717) is 29.1 Å². The number of ketones is 1. The van der Waals surface area contributed by atoms with Gasteiger partial charge in [0.25, 0.3) is 11.7 Å². The molecule has 0 spiro atoms. The second-order valence-corrected chi connectivity index (χ2v) is 9.26. The molecule has 0 bridgehead atoms. The fourth-order valence-corrected chi connectivity index (χ4v) is 4.32. The molecule has 0 aliphatic carbocycles. The Bertz CT molecular complexity index is 1400. The number of benzene rings is 2. The summed E-state index contributed by atoms with van der Waals surface area (Å²) >= 11 is 0. The summed E-state index contributed by atoms with van der Waals surface area (Å²) in [4.78, 5) is 44.9. The SMILES string of the molecule is CCCOC(=O)c1cccc(N2C(=O)C(=O)/C(=C(/O)c3ccc(OC(C)C)c(C)c3)C2c2ccccn2)c1. The summed E-state index contributed by atoms with van der Waals surface area (Å²) in [5.74, 6) is -1.88. The minimum absolute atomic E-state index is 0.0300. The van der Waals surface area contributed by atoms with E-state index in [0.717, 1.165) is 5.56 Å². The van der Waals surface area contributed by atoms with Gasteiger partial charge in [-0.25, -0.2) is 4.79 Å². The van der Waals surface area contributed by atoms with Crippen LogP contribution < -0.4 is 9.64 Å². The first kappa shape index (κ1) is 26.6. The number of anilines is 1. The van der Waals surface area contributed by atoms with E-state index in [4.69, 9.17) is 9.47 Å². The molecule has 38 heavy (non-hydrogen) atoms. The van der Waals surface area contributed by atoms with E-state index in [1.165, 1.54) is 11.0 Å². The fraction of sp³-hybridized carbons (Fsp3) is 0.267. The van der Waals surface area contributed by atoms with Crippen LogP contribution in [0.1, 0.15) is 60.4 Å². The van der Waals surface area contributed by atoms with Crippen LogP contribution in [0.5, 0.6) is 5.75 Å². The Morgan fingerprint density at radius 3 is 2.50 bits per heavy atom. The van der Waals surface area contributed by atoms with Crippen molar-refractivity contribution in [2.75, 3.05) is 11.5 Å². The average molecular weight is 515 g/mol. The van der Waals surface area contributed by atoms with Crippen LogP contribution in [0, 0.1) is 6.92 Å². The van der Waals surface area contributed by atoms with Gasteiger partial charge in [0.2, 0.25) is 0 Å². The van der Waals surface area contributed by atoms with Crippen molar-refractivity contribution >= 4 is 29.1 Å². The summed E-state index contributed by atoms with van der Waals surface area (Å²) in [5, 5.41) is 11.4. The molecule has 1 aromatic heterocycles. The summed E-state index contributed by atoms with van der Waals surface area (Å²) in [6, 6.07) is 15.5. The number of aromatic nitrogens is 1. The Morgan fingerprint density at radius 2 is 1.84 bits per heavy atom. The molecular weight excluding hydrogens is 484 g/mol. The molecular formula is C30H30N2O6. The molecule has 1 saturated heterocycles. The summed E-state index contributed by atoms with van der Waals surface area (Å²) in [6.07, 6.45) is 2.19. The number of aliphatic hydroxyl groups excluding tert-OH is 1. The Balaban J connectivity index is 1.84. The minimum atomic E-state index is -1.01. The Kier molecular flexibility index (Phi) is 7.90. The molecule has 4 rings (SSSR count). The molecule has 2 heterocycles. The van der Waals surface area contributed by atoms with E-state index < -0.39 is 23.7 Å². The van der Waals surface area contributed by atoms with Crippen molar-refractivity contribution in [3.8, 4) is 5.75 Å². The highest BCUT2D eigenvalue weighted by Crippen LogP contribution is 2.42. The van der Waals surface area contributed by atoms with E-state index >= 15 is 0 Å². The molecule has 196 valence electrons. The highest BCUT2D eigenvalue weighted by atomic mass is 16.5. The molecule has 1 amide bonds. The van der Waals surface area contributed by atoms with Crippen LogP contribution in [-0.4, -0.2) is 40.5 Å². The standard InChI is InChI=1S/C30H30N2O6/c1-5-15-37-30(36)21-9-8-10-22(17-21)32-26(23-11-6-7-14-31-23)25(28(34)29(32)35)27(33)20-12-13-24(19(4)16-20)38-18(2)3/h6-14,16-18,26,33H,5,15H2,1-4H3/b27-25+. The smallest absolute Gasteiger partial charge is 0.338 e. The highest BCUT2D eigenvalue weighted by Gasteiger charge is 2.47. The van der Waals surface area contributed by atoms with Gasteiger partial charge in [0.05, 0.1) is 29.5 Å². The van der Waals surface area contributed by atoms with Gasteiger partial charge < -0.3 is 14.6 Å². The van der Waals surface area contributed by atoms with Crippen molar-refractivity contribution in [3.05, 3.63) is 94.8 Å². The zero-order chi connectivity index (χ0) is 27.4. The number of aryl methyl sites for hydroxylation is 1.